The van der Waals surface area contributed by atoms with Crippen molar-refractivity contribution >= 4 is 6.21 Å². The Hall–Kier alpha value is -1.83. The number of aromatic nitrogens is 1. The molecule has 0 saturated carbocycles. The molecule has 0 saturated heterocycles. The SMILES string of the molecule is [C]1=C2C=CC=CC2N=Cc2cccn21. The third-order valence-corrected chi connectivity index (χ3v) is 2.40. The van der Waals surface area contributed by atoms with Gasteiger partial charge in [-0.25, -0.2) is 0 Å². The van der Waals surface area contributed by atoms with Crippen LogP contribution < -0.4 is 0 Å². The van der Waals surface area contributed by atoms with Gasteiger partial charge in [-0.1, -0.05) is 24.3 Å². The molecule has 1 aromatic rings. The molecule has 1 aromatic heterocycles. The van der Waals surface area contributed by atoms with Crippen LogP contribution in [0.25, 0.3) is 0 Å². The van der Waals surface area contributed by atoms with Gasteiger partial charge in [-0.05, 0) is 12.1 Å². The molecule has 0 spiro atoms. The first kappa shape index (κ1) is 7.56. The van der Waals surface area contributed by atoms with Crippen LogP contribution in [0.2, 0.25) is 0 Å². The second-order valence-corrected chi connectivity index (χ2v) is 3.34. The number of hydrogen-bond acceptors (Lipinski definition) is 1. The Bertz CT molecular complexity index is 472. The van der Waals surface area contributed by atoms with Gasteiger partial charge in [0.25, 0.3) is 0 Å². The lowest BCUT2D eigenvalue weighted by Crippen LogP contribution is -2.05. The van der Waals surface area contributed by atoms with E-state index in [-0.39, 0.29) is 6.04 Å². The molecule has 1 radical (unpaired) electrons. The smallest absolute Gasteiger partial charge is 0.0955 e. The number of aliphatic imine (C=N–C) groups is 1. The van der Waals surface area contributed by atoms with Crippen molar-refractivity contribution in [2.45, 2.75) is 6.04 Å². The Morgan fingerprint density at radius 2 is 2.36 bits per heavy atom. The Balaban J connectivity index is 2.17. The van der Waals surface area contributed by atoms with Crippen LogP contribution in [0.15, 0.2) is 53.2 Å². The van der Waals surface area contributed by atoms with Gasteiger partial charge in [0.15, 0.2) is 0 Å². The summed E-state index contributed by atoms with van der Waals surface area (Å²) in [7, 11) is 0. The minimum Gasteiger partial charge on any atom is -0.313 e. The van der Waals surface area contributed by atoms with Crippen molar-refractivity contribution in [1.82, 2.24) is 4.57 Å². The molecule has 3 rings (SSSR count). The fourth-order valence-corrected chi connectivity index (χ4v) is 1.66. The highest BCUT2D eigenvalue weighted by atomic mass is 15.0. The number of fused-ring (bicyclic) bond motifs is 2. The molecule has 1 atom stereocenters. The maximum atomic E-state index is 4.48. The molecule has 1 unspecified atom stereocenters. The number of rotatable bonds is 0. The summed E-state index contributed by atoms with van der Waals surface area (Å²) in [5, 5.41) is 0. The van der Waals surface area contributed by atoms with E-state index in [9.17, 15) is 0 Å². The standard InChI is InChI=1S/C12H9N2/c1-2-6-12-10(4-1)9-14-7-3-5-11(14)8-13-12/h1-8,12H. The quantitative estimate of drug-likeness (QED) is 0.582. The largest absolute Gasteiger partial charge is 0.313 e. The summed E-state index contributed by atoms with van der Waals surface area (Å²) in [6, 6.07) is 4.17. The van der Waals surface area contributed by atoms with Gasteiger partial charge in [0, 0.05) is 18.0 Å². The monoisotopic (exact) mass is 181 g/mol. The van der Waals surface area contributed by atoms with Crippen LogP contribution in [0, 0.1) is 6.20 Å². The van der Waals surface area contributed by atoms with Crippen molar-refractivity contribution in [1.29, 1.82) is 0 Å². The van der Waals surface area contributed by atoms with Gasteiger partial charge in [-0.2, -0.15) is 0 Å². The molecule has 2 nitrogen and oxygen atoms in total. The van der Waals surface area contributed by atoms with Crippen molar-refractivity contribution < 1.29 is 0 Å². The zero-order valence-electron chi connectivity index (χ0n) is 7.59. The maximum Gasteiger partial charge on any atom is 0.0955 e. The van der Waals surface area contributed by atoms with Gasteiger partial charge in [-0.15, -0.1) is 0 Å². The van der Waals surface area contributed by atoms with E-state index in [0.717, 1.165) is 11.3 Å². The molecule has 1 aliphatic heterocycles. The topological polar surface area (TPSA) is 17.3 Å². The summed E-state index contributed by atoms with van der Waals surface area (Å²) in [5.74, 6) is 0. The summed E-state index contributed by atoms with van der Waals surface area (Å²) < 4.78 is 1.97. The Kier molecular flexibility index (Phi) is 1.53. The molecule has 0 aromatic carbocycles. The van der Waals surface area contributed by atoms with Gasteiger partial charge in [0.05, 0.1) is 17.9 Å². The average molecular weight is 181 g/mol. The van der Waals surface area contributed by atoms with E-state index in [2.05, 4.69) is 23.3 Å². The molecule has 0 fully saturated rings. The van der Waals surface area contributed by atoms with E-state index in [1.807, 2.05) is 41.3 Å². The minimum atomic E-state index is 0.139. The highest BCUT2D eigenvalue weighted by Gasteiger charge is 2.13. The Labute approximate surface area is 82.6 Å². The van der Waals surface area contributed by atoms with Crippen LogP contribution in [-0.4, -0.2) is 16.8 Å². The first-order valence-electron chi connectivity index (χ1n) is 4.63. The van der Waals surface area contributed by atoms with Crippen molar-refractivity contribution in [3.05, 3.63) is 60.1 Å². The van der Waals surface area contributed by atoms with Gasteiger partial charge < -0.3 is 4.57 Å². The van der Waals surface area contributed by atoms with Crippen LogP contribution in [0.5, 0.6) is 0 Å². The van der Waals surface area contributed by atoms with E-state index in [1.54, 1.807) is 0 Å². The minimum absolute atomic E-state index is 0.139. The van der Waals surface area contributed by atoms with E-state index >= 15 is 0 Å². The second kappa shape index (κ2) is 2.84. The fourth-order valence-electron chi connectivity index (χ4n) is 1.66. The number of hydrogen-bond donors (Lipinski definition) is 0. The van der Waals surface area contributed by atoms with Crippen LogP contribution >= 0.6 is 0 Å². The third-order valence-electron chi connectivity index (χ3n) is 2.40. The molecule has 0 N–H and O–H groups in total. The number of allylic oxidation sites excluding steroid dienone is 2. The van der Waals surface area contributed by atoms with Crippen LogP contribution in [0.4, 0.5) is 0 Å². The van der Waals surface area contributed by atoms with Crippen LogP contribution in [-0.2, 0) is 0 Å². The molecule has 2 heterocycles. The third kappa shape index (κ3) is 1.08. The van der Waals surface area contributed by atoms with Gasteiger partial charge in [0.2, 0.25) is 0 Å². The molecule has 67 valence electrons. The van der Waals surface area contributed by atoms with Crippen LogP contribution in [0.1, 0.15) is 5.69 Å². The van der Waals surface area contributed by atoms with Gasteiger partial charge >= 0.3 is 0 Å². The summed E-state index contributed by atoms with van der Waals surface area (Å²) in [6.45, 7) is 0. The van der Waals surface area contributed by atoms with E-state index in [0.29, 0.717) is 0 Å². The summed E-state index contributed by atoms with van der Waals surface area (Å²) >= 11 is 0. The normalized spacial score (nSPS) is 22.6. The number of nitrogens with zero attached hydrogens (tertiary/aromatic N) is 2. The molecular formula is C12H9N2. The van der Waals surface area contributed by atoms with Crippen molar-refractivity contribution in [2.75, 3.05) is 0 Å². The molecule has 2 aliphatic rings. The van der Waals surface area contributed by atoms with Crippen molar-refractivity contribution in [3.8, 4) is 0 Å². The van der Waals surface area contributed by atoms with Crippen LogP contribution in [0.3, 0.4) is 0 Å². The average Bonchev–Trinajstić information content (AvgIpc) is 2.58. The molecule has 0 amide bonds. The first-order valence-corrected chi connectivity index (χ1v) is 4.63. The predicted octanol–water partition coefficient (Wildman–Crippen LogP) is 1.95. The molecule has 2 heteroatoms. The first-order chi connectivity index (χ1) is 6.93. The fraction of sp³-hybridized carbons (Fsp3) is 0.0833. The predicted molar refractivity (Wildman–Crippen MR) is 56.2 cm³/mol. The lowest BCUT2D eigenvalue weighted by Gasteiger charge is -2.09. The van der Waals surface area contributed by atoms with Gasteiger partial charge in [-0.3, -0.25) is 4.99 Å². The molecular weight excluding hydrogens is 172 g/mol. The van der Waals surface area contributed by atoms with E-state index < -0.39 is 0 Å². The summed E-state index contributed by atoms with van der Waals surface area (Å²) in [6.07, 6.45) is 15.4. The zero-order valence-corrected chi connectivity index (χ0v) is 7.59. The van der Waals surface area contributed by atoms with Crippen molar-refractivity contribution in [3.63, 3.8) is 0 Å². The Morgan fingerprint density at radius 1 is 1.36 bits per heavy atom. The Morgan fingerprint density at radius 3 is 3.36 bits per heavy atom. The lowest BCUT2D eigenvalue weighted by atomic mass is 10.0. The van der Waals surface area contributed by atoms with Gasteiger partial charge in [0.1, 0.15) is 0 Å². The van der Waals surface area contributed by atoms with E-state index in [1.165, 1.54) is 0 Å². The summed E-state index contributed by atoms with van der Waals surface area (Å²) in [5.41, 5.74) is 2.19. The lowest BCUT2D eigenvalue weighted by molar-refractivity contribution is 0.944. The highest BCUT2D eigenvalue weighted by Crippen LogP contribution is 2.18. The maximum absolute atomic E-state index is 4.48. The van der Waals surface area contributed by atoms with Crippen molar-refractivity contribution in [2.24, 2.45) is 4.99 Å². The molecule has 1 aliphatic carbocycles. The summed E-state index contributed by atoms with van der Waals surface area (Å²) in [4.78, 5) is 4.48. The molecule has 14 heavy (non-hydrogen) atoms. The van der Waals surface area contributed by atoms with E-state index in [4.69, 9.17) is 0 Å². The highest BCUT2D eigenvalue weighted by molar-refractivity contribution is 5.79. The molecule has 0 bridgehead atoms. The zero-order chi connectivity index (χ0) is 9.38. The second-order valence-electron chi connectivity index (χ2n) is 3.34.